The Morgan fingerprint density at radius 2 is 1.85 bits per heavy atom. The molecule has 1 aliphatic rings. The van der Waals surface area contributed by atoms with Gasteiger partial charge < -0.3 is 20.9 Å². The summed E-state index contributed by atoms with van der Waals surface area (Å²) in [5.41, 5.74) is 7.01. The van der Waals surface area contributed by atoms with Crippen LogP contribution in [-0.2, 0) is 4.79 Å². The van der Waals surface area contributed by atoms with Crippen molar-refractivity contribution in [1.82, 2.24) is 9.88 Å². The van der Waals surface area contributed by atoms with E-state index in [0.29, 0.717) is 24.2 Å². The van der Waals surface area contributed by atoms with Gasteiger partial charge in [0, 0.05) is 19.1 Å². The Hall–Kier alpha value is -0.790. The van der Waals surface area contributed by atoms with Gasteiger partial charge in [-0.15, -0.1) is 37.2 Å². The molecule has 0 bridgehead atoms. The molecule has 0 aliphatic carbocycles. The van der Waals surface area contributed by atoms with Crippen LogP contribution in [0.1, 0.15) is 33.1 Å². The number of nitrogens with one attached hydrogen (secondary N) is 1. The maximum atomic E-state index is 12.0. The molecular formula is C18H34Cl3N5O. The summed E-state index contributed by atoms with van der Waals surface area (Å²) in [5.74, 6) is 0.785. The van der Waals surface area contributed by atoms with Gasteiger partial charge in [-0.1, -0.05) is 13.8 Å². The van der Waals surface area contributed by atoms with Crippen molar-refractivity contribution in [2.24, 2.45) is 11.7 Å². The van der Waals surface area contributed by atoms with Crippen LogP contribution >= 0.6 is 37.2 Å². The molecule has 2 rings (SSSR count). The standard InChI is InChI=1S/C18H31N5O.3ClH/c1-13(2)11-16(19)18(24)21-17-6-5-15(12-20-17)23-9-7-14(8-10-23)22(3)4;;;/h5-6,12-14,16H,7-11,19H2,1-4H3,(H,20,21,24);3*1H/t16-;;;/m0.../s1. The molecule has 0 radical (unpaired) electrons. The van der Waals surface area contributed by atoms with Crippen molar-refractivity contribution in [3.63, 3.8) is 0 Å². The molecule has 9 heteroatoms. The lowest BCUT2D eigenvalue weighted by molar-refractivity contribution is -0.117. The van der Waals surface area contributed by atoms with Crippen molar-refractivity contribution in [2.45, 2.75) is 45.2 Å². The van der Waals surface area contributed by atoms with Gasteiger partial charge in [0.05, 0.1) is 17.9 Å². The Labute approximate surface area is 181 Å². The van der Waals surface area contributed by atoms with Crippen LogP contribution in [-0.4, -0.2) is 55.1 Å². The first-order chi connectivity index (χ1) is 11.4. The van der Waals surface area contributed by atoms with E-state index in [-0.39, 0.29) is 43.1 Å². The SMILES string of the molecule is CC(C)C[C@H](N)C(=O)Nc1ccc(N2CCC(N(C)C)CC2)cn1.Cl.Cl.Cl. The summed E-state index contributed by atoms with van der Waals surface area (Å²) in [6.45, 7) is 6.18. The molecule has 1 saturated heterocycles. The highest BCUT2D eigenvalue weighted by molar-refractivity contribution is 5.93. The van der Waals surface area contributed by atoms with E-state index in [2.05, 4.69) is 48.0 Å². The highest BCUT2D eigenvalue weighted by atomic mass is 35.5. The van der Waals surface area contributed by atoms with Gasteiger partial charge in [-0.2, -0.15) is 0 Å². The third-order valence-corrected chi connectivity index (χ3v) is 4.62. The molecule has 0 spiro atoms. The number of hydrogen-bond donors (Lipinski definition) is 2. The summed E-state index contributed by atoms with van der Waals surface area (Å²) in [6.07, 6.45) is 4.83. The zero-order chi connectivity index (χ0) is 17.7. The largest absolute Gasteiger partial charge is 0.370 e. The number of amides is 1. The second kappa shape index (κ2) is 13.4. The van der Waals surface area contributed by atoms with E-state index in [0.717, 1.165) is 31.6 Å². The van der Waals surface area contributed by atoms with Gasteiger partial charge in [0.15, 0.2) is 0 Å². The second-order valence-corrected chi connectivity index (χ2v) is 7.31. The Balaban J connectivity index is 0. The van der Waals surface area contributed by atoms with Crippen LogP contribution < -0.4 is 16.0 Å². The number of carbonyl (C=O) groups excluding carboxylic acids is 1. The minimum Gasteiger partial charge on any atom is -0.370 e. The normalized spacial score (nSPS) is 15.4. The Bertz CT molecular complexity index is 534. The van der Waals surface area contributed by atoms with Gasteiger partial charge >= 0.3 is 0 Å². The fourth-order valence-corrected chi connectivity index (χ4v) is 3.12. The summed E-state index contributed by atoms with van der Waals surface area (Å²) in [7, 11) is 4.28. The number of pyridine rings is 1. The summed E-state index contributed by atoms with van der Waals surface area (Å²) in [5, 5.41) is 2.80. The molecule has 158 valence electrons. The van der Waals surface area contributed by atoms with E-state index in [1.165, 1.54) is 0 Å². The number of rotatable bonds is 6. The summed E-state index contributed by atoms with van der Waals surface area (Å²) >= 11 is 0. The lowest BCUT2D eigenvalue weighted by atomic mass is 10.0. The van der Waals surface area contributed by atoms with E-state index in [9.17, 15) is 4.79 Å². The summed E-state index contributed by atoms with van der Waals surface area (Å²) < 4.78 is 0. The highest BCUT2D eigenvalue weighted by Gasteiger charge is 2.21. The van der Waals surface area contributed by atoms with E-state index in [1.54, 1.807) is 0 Å². The predicted molar refractivity (Wildman–Crippen MR) is 121 cm³/mol. The molecule has 2 heterocycles. The average Bonchev–Trinajstić information content (AvgIpc) is 2.55. The molecule has 1 atom stereocenters. The number of carbonyl (C=O) groups is 1. The lowest BCUT2D eigenvalue weighted by Gasteiger charge is -2.36. The number of nitrogens with zero attached hydrogens (tertiary/aromatic N) is 3. The first-order valence-electron chi connectivity index (χ1n) is 8.80. The fraction of sp³-hybridized carbons (Fsp3) is 0.667. The third kappa shape index (κ3) is 8.83. The highest BCUT2D eigenvalue weighted by Crippen LogP contribution is 2.22. The maximum absolute atomic E-state index is 12.0. The average molecular weight is 443 g/mol. The monoisotopic (exact) mass is 441 g/mol. The van der Waals surface area contributed by atoms with Crippen molar-refractivity contribution in [1.29, 1.82) is 0 Å². The minimum absolute atomic E-state index is 0. The maximum Gasteiger partial charge on any atom is 0.242 e. The van der Waals surface area contributed by atoms with Crippen molar-refractivity contribution in [3.8, 4) is 0 Å². The molecule has 1 aromatic heterocycles. The molecular weight excluding hydrogens is 409 g/mol. The minimum atomic E-state index is -0.489. The van der Waals surface area contributed by atoms with Crippen LogP contribution in [0.4, 0.5) is 11.5 Å². The Kier molecular flexibility index (Phi) is 14.1. The van der Waals surface area contributed by atoms with Crippen LogP contribution in [0.25, 0.3) is 0 Å². The zero-order valence-electron chi connectivity index (χ0n) is 16.6. The van der Waals surface area contributed by atoms with Gasteiger partial charge in [-0.25, -0.2) is 4.98 Å². The molecule has 27 heavy (non-hydrogen) atoms. The molecule has 0 aromatic carbocycles. The van der Waals surface area contributed by atoms with Crippen LogP contribution in [0, 0.1) is 5.92 Å². The van der Waals surface area contributed by atoms with Gasteiger partial charge in [0.2, 0.25) is 5.91 Å². The predicted octanol–water partition coefficient (Wildman–Crippen LogP) is 3.19. The van der Waals surface area contributed by atoms with Crippen molar-refractivity contribution in [2.75, 3.05) is 37.4 Å². The van der Waals surface area contributed by atoms with Crippen molar-refractivity contribution >= 4 is 54.6 Å². The fourth-order valence-electron chi connectivity index (χ4n) is 3.12. The molecule has 6 nitrogen and oxygen atoms in total. The summed E-state index contributed by atoms with van der Waals surface area (Å²) in [4.78, 5) is 21.1. The van der Waals surface area contributed by atoms with Gasteiger partial charge in [0.1, 0.15) is 5.82 Å². The summed E-state index contributed by atoms with van der Waals surface area (Å²) in [6, 6.07) is 4.05. The lowest BCUT2D eigenvalue weighted by Crippen LogP contribution is -2.42. The Morgan fingerprint density at radius 3 is 2.30 bits per heavy atom. The number of piperidine rings is 1. The van der Waals surface area contributed by atoms with Crippen LogP contribution in [0.3, 0.4) is 0 Å². The second-order valence-electron chi connectivity index (χ2n) is 7.31. The first kappa shape index (κ1) is 28.4. The number of hydrogen-bond acceptors (Lipinski definition) is 5. The zero-order valence-corrected chi connectivity index (χ0v) is 19.0. The van der Waals surface area contributed by atoms with Crippen LogP contribution in [0.5, 0.6) is 0 Å². The van der Waals surface area contributed by atoms with Crippen molar-refractivity contribution in [3.05, 3.63) is 18.3 Å². The molecule has 1 fully saturated rings. The Morgan fingerprint density at radius 1 is 1.26 bits per heavy atom. The molecule has 1 amide bonds. The molecule has 0 unspecified atom stereocenters. The van der Waals surface area contributed by atoms with Crippen LogP contribution in [0.2, 0.25) is 0 Å². The van der Waals surface area contributed by atoms with Gasteiger partial charge in [0.25, 0.3) is 0 Å². The number of halogens is 3. The van der Waals surface area contributed by atoms with E-state index >= 15 is 0 Å². The molecule has 1 aliphatic heterocycles. The van der Waals surface area contributed by atoms with E-state index < -0.39 is 6.04 Å². The first-order valence-corrected chi connectivity index (χ1v) is 8.80. The van der Waals surface area contributed by atoms with Gasteiger partial charge in [-0.05, 0) is 51.4 Å². The van der Waals surface area contributed by atoms with E-state index in [4.69, 9.17) is 5.73 Å². The van der Waals surface area contributed by atoms with Crippen LogP contribution in [0.15, 0.2) is 18.3 Å². The topological polar surface area (TPSA) is 74.5 Å². The third-order valence-electron chi connectivity index (χ3n) is 4.62. The number of aromatic nitrogens is 1. The molecule has 0 saturated carbocycles. The molecule has 1 aromatic rings. The quantitative estimate of drug-likeness (QED) is 0.707. The molecule has 3 N–H and O–H groups in total. The number of nitrogens with two attached hydrogens (primary N) is 1. The van der Waals surface area contributed by atoms with Gasteiger partial charge in [-0.3, -0.25) is 4.79 Å². The van der Waals surface area contributed by atoms with E-state index in [1.807, 2.05) is 18.3 Å². The van der Waals surface area contributed by atoms with Crippen molar-refractivity contribution < 1.29 is 4.79 Å². The smallest absolute Gasteiger partial charge is 0.242 e. The number of anilines is 2.